The molecule has 3 rings (SSSR count). The van der Waals surface area contributed by atoms with Crippen LogP contribution in [0, 0.1) is 0 Å². The number of halogens is 1. The monoisotopic (exact) mass is 264 g/mol. The fourth-order valence-corrected chi connectivity index (χ4v) is 2.87. The maximum Gasteiger partial charge on any atom is 0.261 e. The van der Waals surface area contributed by atoms with Crippen LogP contribution < -0.4 is 5.56 Å². The van der Waals surface area contributed by atoms with Crippen molar-refractivity contribution in [3.05, 3.63) is 39.4 Å². The highest BCUT2D eigenvalue weighted by atomic mass is 35.5. The van der Waals surface area contributed by atoms with Crippen molar-refractivity contribution in [3.63, 3.8) is 0 Å². The smallest absolute Gasteiger partial charge is 0.261 e. The first kappa shape index (κ1) is 11.5. The Morgan fingerprint density at radius 3 is 2.83 bits per heavy atom. The molecule has 0 aromatic carbocycles. The van der Waals surface area contributed by atoms with Gasteiger partial charge < -0.3 is 5.11 Å². The molecule has 18 heavy (non-hydrogen) atoms. The SMILES string of the molecule is O=c1c(C2CCCC2)cnc2c(O)cc(Cl)cn12. The Kier molecular flexibility index (Phi) is 2.74. The second-order valence-corrected chi connectivity index (χ2v) is 5.17. The molecule has 0 unspecified atom stereocenters. The van der Waals surface area contributed by atoms with Crippen molar-refractivity contribution in [2.75, 3.05) is 0 Å². The molecule has 2 aromatic rings. The standard InChI is InChI=1S/C13H13ClN2O2/c14-9-5-11(17)12-15-6-10(8-3-1-2-4-8)13(18)16(12)7-9/h5-8,17H,1-4H2. The average molecular weight is 265 g/mol. The fraction of sp³-hybridized carbons (Fsp3) is 0.385. The van der Waals surface area contributed by atoms with E-state index in [0.29, 0.717) is 10.9 Å². The van der Waals surface area contributed by atoms with Crippen molar-refractivity contribution in [3.8, 4) is 5.75 Å². The lowest BCUT2D eigenvalue weighted by atomic mass is 10.0. The van der Waals surface area contributed by atoms with Gasteiger partial charge in [-0.05, 0) is 18.8 Å². The molecule has 1 aliphatic carbocycles. The molecule has 0 bridgehead atoms. The number of pyridine rings is 1. The quantitative estimate of drug-likeness (QED) is 0.862. The molecule has 2 aromatic heterocycles. The lowest BCUT2D eigenvalue weighted by Crippen LogP contribution is -2.21. The van der Waals surface area contributed by atoms with Crippen LogP contribution in [-0.4, -0.2) is 14.5 Å². The summed E-state index contributed by atoms with van der Waals surface area (Å²) >= 11 is 5.86. The zero-order chi connectivity index (χ0) is 12.7. The molecular formula is C13H13ClN2O2. The summed E-state index contributed by atoms with van der Waals surface area (Å²) in [7, 11) is 0. The molecule has 1 fully saturated rings. The molecule has 0 aliphatic heterocycles. The van der Waals surface area contributed by atoms with Crippen molar-refractivity contribution in [2.24, 2.45) is 0 Å². The highest BCUT2D eigenvalue weighted by Crippen LogP contribution is 2.32. The third-order valence-corrected chi connectivity index (χ3v) is 3.78. The van der Waals surface area contributed by atoms with Gasteiger partial charge in [-0.2, -0.15) is 0 Å². The van der Waals surface area contributed by atoms with Gasteiger partial charge in [0.25, 0.3) is 5.56 Å². The summed E-state index contributed by atoms with van der Waals surface area (Å²) in [6.07, 6.45) is 7.50. The summed E-state index contributed by atoms with van der Waals surface area (Å²) in [5.41, 5.74) is 0.863. The van der Waals surface area contributed by atoms with Crippen LogP contribution in [0.25, 0.3) is 5.65 Å². The molecule has 94 valence electrons. The number of hydrogen-bond acceptors (Lipinski definition) is 3. The average Bonchev–Trinajstić information content (AvgIpc) is 2.84. The van der Waals surface area contributed by atoms with E-state index in [0.717, 1.165) is 31.2 Å². The van der Waals surface area contributed by atoms with Gasteiger partial charge in [-0.1, -0.05) is 24.4 Å². The van der Waals surface area contributed by atoms with Crippen molar-refractivity contribution in [1.29, 1.82) is 0 Å². The van der Waals surface area contributed by atoms with Crippen LogP contribution in [0.4, 0.5) is 0 Å². The Hall–Kier alpha value is -1.55. The number of fused-ring (bicyclic) bond motifs is 1. The summed E-state index contributed by atoms with van der Waals surface area (Å²) in [5, 5.41) is 10.1. The summed E-state index contributed by atoms with van der Waals surface area (Å²) in [4.78, 5) is 16.6. The third-order valence-electron chi connectivity index (χ3n) is 3.57. The molecule has 4 nitrogen and oxygen atoms in total. The van der Waals surface area contributed by atoms with E-state index in [1.165, 1.54) is 16.7 Å². The Bertz CT molecular complexity index is 660. The number of rotatable bonds is 1. The Morgan fingerprint density at radius 1 is 1.39 bits per heavy atom. The highest BCUT2D eigenvalue weighted by molar-refractivity contribution is 6.30. The molecule has 1 saturated carbocycles. The summed E-state index contributed by atoms with van der Waals surface area (Å²) in [6.45, 7) is 0. The number of aromatic hydroxyl groups is 1. The predicted octanol–water partition coefficient (Wildman–Crippen LogP) is 2.71. The maximum absolute atomic E-state index is 12.4. The Balaban J connectivity index is 2.25. The van der Waals surface area contributed by atoms with Crippen LogP contribution >= 0.6 is 11.6 Å². The van der Waals surface area contributed by atoms with Gasteiger partial charge in [0.05, 0.1) is 5.02 Å². The van der Waals surface area contributed by atoms with E-state index in [2.05, 4.69) is 4.98 Å². The lowest BCUT2D eigenvalue weighted by Gasteiger charge is -2.10. The largest absolute Gasteiger partial charge is 0.504 e. The minimum absolute atomic E-state index is 0.0717. The zero-order valence-corrected chi connectivity index (χ0v) is 10.5. The predicted molar refractivity (Wildman–Crippen MR) is 69.3 cm³/mol. The molecule has 0 saturated heterocycles. The van der Waals surface area contributed by atoms with Crippen molar-refractivity contribution < 1.29 is 5.11 Å². The van der Waals surface area contributed by atoms with E-state index in [1.807, 2.05) is 0 Å². The fourth-order valence-electron chi connectivity index (χ4n) is 2.67. The van der Waals surface area contributed by atoms with Gasteiger partial charge in [-0.3, -0.25) is 9.20 Å². The van der Waals surface area contributed by atoms with E-state index in [1.54, 1.807) is 6.20 Å². The number of nitrogens with zero attached hydrogens (tertiary/aromatic N) is 2. The molecule has 1 aliphatic rings. The van der Waals surface area contributed by atoms with Gasteiger partial charge in [0.15, 0.2) is 11.4 Å². The molecule has 0 spiro atoms. The van der Waals surface area contributed by atoms with Crippen LogP contribution in [-0.2, 0) is 0 Å². The van der Waals surface area contributed by atoms with Crippen molar-refractivity contribution in [2.45, 2.75) is 31.6 Å². The second-order valence-electron chi connectivity index (χ2n) is 4.74. The summed E-state index contributed by atoms with van der Waals surface area (Å²) in [5.74, 6) is 0.223. The van der Waals surface area contributed by atoms with Crippen LogP contribution in [0.5, 0.6) is 5.75 Å². The molecule has 0 radical (unpaired) electrons. The van der Waals surface area contributed by atoms with Crippen molar-refractivity contribution >= 4 is 17.2 Å². The van der Waals surface area contributed by atoms with E-state index in [4.69, 9.17) is 11.6 Å². The van der Waals surface area contributed by atoms with Gasteiger partial charge >= 0.3 is 0 Å². The van der Waals surface area contributed by atoms with Gasteiger partial charge in [-0.15, -0.1) is 0 Å². The van der Waals surface area contributed by atoms with Gasteiger partial charge in [0.1, 0.15) is 0 Å². The second kappa shape index (κ2) is 4.28. The molecule has 2 heterocycles. The molecule has 0 amide bonds. The molecule has 1 N–H and O–H groups in total. The first-order valence-electron chi connectivity index (χ1n) is 6.06. The number of hydrogen-bond donors (Lipinski definition) is 1. The van der Waals surface area contributed by atoms with E-state index in [-0.39, 0.29) is 17.0 Å². The number of aromatic nitrogens is 2. The molecule has 0 atom stereocenters. The minimum atomic E-state index is -0.121. The van der Waals surface area contributed by atoms with E-state index < -0.39 is 0 Å². The van der Waals surface area contributed by atoms with Crippen LogP contribution in [0.1, 0.15) is 37.2 Å². The summed E-state index contributed by atoms with van der Waals surface area (Å²) in [6, 6.07) is 1.39. The first-order chi connectivity index (χ1) is 8.66. The Morgan fingerprint density at radius 2 is 2.11 bits per heavy atom. The highest BCUT2D eigenvalue weighted by Gasteiger charge is 2.21. The lowest BCUT2D eigenvalue weighted by molar-refractivity contribution is 0.476. The minimum Gasteiger partial charge on any atom is -0.504 e. The zero-order valence-electron chi connectivity index (χ0n) is 9.77. The Labute approximate surface area is 109 Å². The third kappa shape index (κ3) is 1.77. The van der Waals surface area contributed by atoms with Crippen LogP contribution in [0.2, 0.25) is 5.02 Å². The van der Waals surface area contributed by atoms with Crippen LogP contribution in [0.15, 0.2) is 23.3 Å². The maximum atomic E-state index is 12.4. The topological polar surface area (TPSA) is 54.6 Å². The summed E-state index contributed by atoms with van der Waals surface area (Å²) < 4.78 is 1.34. The van der Waals surface area contributed by atoms with Gasteiger partial charge in [-0.25, -0.2) is 4.98 Å². The van der Waals surface area contributed by atoms with E-state index >= 15 is 0 Å². The first-order valence-corrected chi connectivity index (χ1v) is 6.44. The van der Waals surface area contributed by atoms with Crippen molar-refractivity contribution in [1.82, 2.24) is 9.38 Å². The molecular weight excluding hydrogens is 252 g/mol. The normalized spacial score (nSPS) is 16.5. The van der Waals surface area contributed by atoms with Crippen LogP contribution in [0.3, 0.4) is 0 Å². The van der Waals surface area contributed by atoms with Gasteiger partial charge in [0, 0.05) is 24.0 Å². The molecule has 5 heteroatoms. The van der Waals surface area contributed by atoms with E-state index in [9.17, 15) is 9.90 Å². The van der Waals surface area contributed by atoms with Gasteiger partial charge in [0.2, 0.25) is 0 Å².